The summed E-state index contributed by atoms with van der Waals surface area (Å²) in [5.74, 6) is 1.99. The van der Waals surface area contributed by atoms with Gasteiger partial charge in [0.25, 0.3) is 5.89 Å². The minimum absolute atomic E-state index is 0.0331. The van der Waals surface area contributed by atoms with Gasteiger partial charge in [-0.2, -0.15) is 18.2 Å². The molecule has 0 fully saturated rings. The summed E-state index contributed by atoms with van der Waals surface area (Å²) in [4.78, 5) is 4.02. The van der Waals surface area contributed by atoms with Crippen LogP contribution in [0.25, 0.3) is 0 Å². The molecule has 1 heterocycles. The molecular formula is C18H15F3N2O3. The van der Waals surface area contributed by atoms with E-state index in [1.807, 2.05) is 0 Å². The first kappa shape index (κ1) is 17.8. The highest BCUT2D eigenvalue weighted by molar-refractivity contribution is 5.32. The third-order valence-corrected chi connectivity index (χ3v) is 3.42. The smallest absolute Gasteiger partial charge is 0.416 e. The first-order chi connectivity index (χ1) is 12.4. The maximum Gasteiger partial charge on any atom is 0.416 e. The standard InChI is InChI=1S/C18H15F3N2O3/c1-12-22-17(26-23-12)11-25-16-7-5-15(6-8-16)24-10-13-3-2-4-14(9-13)18(19,20)21/h2-9H,10-11H2,1H3. The van der Waals surface area contributed by atoms with Crippen molar-refractivity contribution in [2.75, 3.05) is 0 Å². The second kappa shape index (κ2) is 7.47. The van der Waals surface area contributed by atoms with Gasteiger partial charge in [-0.1, -0.05) is 17.3 Å². The number of aromatic nitrogens is 2. The van der Waals surface area contributed by atoms with E-state index < -0.39 is 11.7 Å². The summed E-state index contributed by atoms with van der Waals surface area (Å²) in [6, 6.07) is 11.8. The second-order valence-electron chi connectivity index (χ2n) is 5.48. The van der Waals surface area contributed by atoms with E-state index >= 15 is 0 Å². The number of hydrogen-bond acceptors (Lipinski definition) is 5. The van der Waals surface area contributed by atoms with Crippen molar-refractivity contribution in [2.45, 2.75) is 26.3 Å². The molecule has 0 aliphatic carbocycles. The first-order valence-corrected chi connectivity index (χ1v) is 7.71. The number of halogens is 3. The van der Waals surface area contributed by atoms with E-state index in [1.165, 1.54) is 6.07 Å². The molecule has 3 rings (SSSR count). The van der Waals surface area contributed by atoms with Crippen molar-refractivity contribution in [3.05, 3.63) is 71.4 Å². The number of aryl methyl sites for hydroxylation is 1. The minimum Gasteiger partial charge on any atom is -0.489 e. The Labute approximate surface area is 147 Å². The summed E-state index contributed by atoms with van der Waals surface area (Å²) in [5.41, 5.74) is -0.259. The summed E-state index contributed by atoms with van der Waals surface area (Å²) in [5, 5.41) is 3.66. The van der Waals surface area contributed by atoms with Gasteiger partial charge in [0.05, 0.1) is 5.56 Å². The lowest BCUT2D eigenvalue weighted by molar-refractivity contribution is -0.137. The number of rotatable bonds is 6. The summed E-state index contributed by atoms with van der Waals surface area (Å²) < 4.78 is 54.1. The number of nitrogens with zero attached hydrogens (tertiary/aromatic N) is 2. The van der Waals surface area contributed by atoms with Crippen molar-refractivity contribution in [3.63, 3.8) is 0 Å². The van der Waals surface area contributed by atoms with E-state index in [0.717, 1.165) is 12.1 Å². The van der Waals surface area contributed by atoms with Crippen LogP contribution in [-0.2, 0) is 19.4 Å². The van der Waals surface area contributed by atoms with Crippen LogP contribution in [0.4, 0.5) is 13.2 Å². The average Bonchev–Trinajstić information content (AvgIpc) is 3.04. The molecule has 2 aromatic carbocycles. The van der Waals surface area contributed by atoms with E-state index in [1.54, 1.807) is 37.3 Å². The Morgan fingerprint density at radius 3 is 2.19 bits per heavy atom. The molecule has 136 valence electrons. The summed E-state index contributed by atoms with van der Waals surface area (Å²) in [7, 11) is 0. The molecule has 0 bridgehead atoms. The lowest BCUT2D eigenvalue weighted by Crippen LogP contribution is -2.06. The lowest BCUT2D eigenvalue weighted by atomic mass is 10.1. The Kier molecular flexibility index (Phi) is 5.11. The van der Waals surface area contributed by atoms with Gasteiger partial charge >= 0.3 is 6.18 Å². The van der Waals surface area contributed by atoms with E-state index in [0.29, 0.717) is 28.8 Å². The van der Waals surface area contributed by atoms with E-state index in [9.17, 15) is 13.2 Å². The summed E-state index contributed by atoms with van der Waals surface area (Å²) in [6.07, 6.45) is -4.37. The molecular weight excluding hydrogens is 349 g/mol. The fourth-order valence-electron chi connectivity index (χ4n) is 2.18. The fourth-order valence-corrected chi connectivity index (χ4v) is 2.18. The Bertz CT molecular complexity index is 861. The second-order valence-corrected chi connectivity index (χ2v) is 5.48. The van der Waals surface area contributed by atoms with Crippen molar-refractivity contribution in [1.29, 1.82) is 0 Å². The lowest BCUT2D eigenvalue weighted by Gasteiger charge is -2.10. The SMILES string of the molecule is Cc1noc(COc2ccc(OCc3cccc(C(F)(F)F)c3)cc2)n1. The van der Waals surface area contributed by atoms with Gasteiger partial charge in [0.15, 0.2) is 12.4 Å². The van der Waals surface area contributed by atoms with Crippen LogP contribution in [0.5, 0.6) is 11.5 Å². The normalized spacial score (nSPS) is 11.4. The molecule has 0 saturated heterocycles. The molecule has 0 radical (unpaired) electrons. The Morgan fingerprint density at radius 1 is 0.962 bits per heavy atom. The van der Waals surface area contributed by atoms with Crippen LogP contribution in [0.2, 0.25) is 0 Å². The van der Waals surface area contributed by atoms with Crippen LogP contribution in [0.15, 0.2) is 53.1 Å². The van der Waals surface area contributed by atoms with Gasteiger partial charge in [-0.15, -0.1) is 0 Å². The molecule has 0 saturated carbocycles. The maximum absolute atomic E-state index is 12.7. The van der Waals surface area contributed by atoms with Crippen molar-refractivity contribution in [3.8, 4) is 11.5 Å². The van der Waals surface area contributed by atoms with Crippen LogP contribution in [0, 0.1) is 6.92 Å². The van der Waals surface area contributed by atoms with Gasteiger partial charge in [-0.25, -0.2) is 0 Å². The number of hydrogen-bond donors (Lipinski definition) is 0. The van der Waals surface area contributed by atoms with Gasteiger partial charge in [0.1, 0.15) is 18.1 Å². The number of ether oxygens (including phenoxy) is 2. The van der Waals surface area contributed by atoms with Gasteiger partial charge in [-0.05, 0) is 48.9 Å². The molecule has 0 atom stereocenters. The summed E-state index contributed by atoms with van der Waals surface area (Å²) in [6.45, 7) is 1.89. The highest BCUT2D eigenvalue weighted by Gasteiger charge is 2.30. The van der Waals surface area contributed by atoms with Crippen LogP contribution >= 0.6 is 0 Å². The molecule has 0 unspecified atom stereocenters. The van der Waals surface area contributed by atoms with Crippen LogP contribution in [0.3, 0.4) is 0 Å². The zero-order valence-corrected chi connectivity index (χ0v) is 13.8. The van der Waals surface area contributed by atoms with Crippen LogP contribution in [-0.4, -0.2) is 10.1 Å². The van der Waals surface area contributed by atoms with Crippen LogP contribution in [0.1, 0.15) is 22.8 Å². The first-order valence-electron chi connectivity index (χ1n) is 7.71. The molecule has 5 nitrogen and oxygen atoms in total. The number of alkyl halides is 3. The van der Waals surface area contributed by atoms with Crippen molar-refractivity contribution in [1.82, 2.24) is 10.1 Å². The molecule has 26 heavy (non-hydrogen) atoms. The maximum atomic E-state index is 12.7. The van der Waals surface area contributed by atoms with Gasteiger partial charge in [0, 0.05) is 0 Å². The highest BCUT2D eigenvalue weighted by Crippen LogP contribution is 2.29. The third kappa shape index (κ3) is 4.75. The van der Waals surface area contributed by atoms with Crippen molar-refractivity contribution < 1.29 is 27.2 Å². The van der Waals surface area contributed by atoms with Crippen molar-refractivity contribution in [2.24, 2.45) is 0 Å². The third-order valence-electron chi connectivity index (χ3n) is 3.42. The average molecular weight is 364 g/mol. The molecule has 0 amide bonds. The molecule has 0 N–H and O–H groups in total. The predicted octanol–water partition coefficient (Wildman–Crippen LogP) is 4.55. The monoisotopic (exact) mass is 364 g/mol. The van der Waals surface area contributed by atoms with Gasteiger partial charge in [0.2, 0.25) is 0 Å². The quantitative estimate of drug-likeness (QED) is 0.642. The zero-order chi connectivity index (χ0) is 18.6. The zero-order valence-electron chi connectivity index (χ0n) is 13.8. The Balaban J connectivity index is 1.54. The molecule has 8 heteroatoms. The van der Waals surface area contributed by atoms with E-state index in [2.05, 4.69) is 10.1 Å². The Morgan fingerprint density at radius 2 is 1.62 bits per heavy atom. The van der Waals surface area contributed by atoms with E-state index in [4.69, 9.17) is 14.0 Å². The molecule has 0 aliphatic heterocycles. The van der Waals surface area contributed by atoms with Crippen molar-refractivity contribution >= 4 is 0 Å². The fraction of sp³-hybridized carbons (Fsp3) is 0.222. The molecule has 3 aromatic rings. The van der Waals surface area contributed by atoms with Gasteiger partial charge < -0.3 is 14.0 Å². The van der Waals surface area contributed by atoms with E-state index in [-0.39, 0.29) is 13.2 Å². The highest BCUT2D eigenvalue weighted by atomic mass is 19.4. The minimum atomic E-state index is -4.37. The predicted molar refractivity (Wildman–Crippen MR) is 85.6 cm³/mol. The molecule has 1 aromatic heterocycles. The molecule has 0 spiro atoms. The van der Waals surface area contributed by atoms with Gasteiger partial charge in [-0.3, -0.25) is 0 Å². The summed E-state index contributed by atoms with van der Waals surface area (Å²) >= 11 is 0. The topological polar surface area (TPSA) is 57.4 Å². The largest absolute Gasteiger partial charge is 0.489 e. The Hall–Kier alpha value is -3.03. The number of benzene rings is 2. The molecule has 0 aliphatic rings. The van der Waals surface area contributed by atoms with Crippen LogP contribution < -0.4 is 9.47 Å².